The van der Waals surface area contributed by atoms with Crippen molar-refractivity contribution in [2.45, 2.75) is 74.9 Å². The van der Waals surface area contributed by atoms with Crippen LogP contribution in [0, 0.1) is 17.1 Å². The molecule has 4 aromatic rings. The Morgan fingerprint density at radius 2 is 1.92 bits per heavy atom. The number of nitriles is 1. The minimum absolute atomic E-state index is 0.143. The van der Waals surface area contributed by atoms with E-state index in [1.54, 1.807) is 17.9 Å². The fourth-order valence-corrected chi connectivity index (χ4v) is 9.19. The van der Waals surface area contributed by atoms with E-state index in [0.29, 0.717) is 36.8 Å². The molecule has 2 N–H and O–H groups in total. The highest BCUT2D eigenvalue weighted by Gasteiger charge is 2.51. The van der Waals surface area contributed by atoms with Crippen LogP contribution in [0.2, 0.25) is 0 Å². The average molecular weight is 725 g/mol. The van der Waals surface area contributed by atoms with Gasteiger partial charge in [-0.15, -0.1) is 11.3 Å². The molecule has 0 aliphatic carbocycles. The van der Waals surface area contributed by atoms with Gasteiger partial charge in [0.25, 0.3) is 0 Å². The lowest BCUT2D eigenvalue weighted by Gasteiger charge is -2.52. The Morgan fingerprint density at radius 1 is 1.16 bits per heavy atom. The predicted molar refractivity (Wildman–Crippen MR) is 168 cm³/mol. The molecular formula is C33H28F8N6O2S. The molecule has 5 aliphatic rings. The second-order valence-electron chi connectivity index (χ2n) is 13.4. The van der Waals surface area contributed by atoms with Crippen molar-refractivity contribution in [2.75, 3.05) is 36.9 Å². The van der Waals surface area contributed by atoms with Crippen LogP contribution in [0.25, 0.3) is 32.1 Å². The van der Waals surface area contributed by atoms with Crippen molar-refractivity contribution >= 4 is 43.1 Å². The van der Waals surface area contributed by atoms with Crippen LogP contribution >= 0.6 is 11.3 Å². The summed E-state index contributed by atoms with van der Waals surface area (Å²) < 4.78 is 133. The number of nitrogens with zero attached hydrogens (tertiary/aromatic N) is 5. The van der Waals surface area contributed by atoms with Gasteiger partial charge in [0.2, 0.25) is 0 Å². The number of ether oxygens (including phenoxy) is 2. The lowest BCUT2D eigenvalue weighted by atomic mass is 9.87. The molecule has 0 spiro atoms. The Morgan fingerprint density at radius 3 is 2.60 bits per heavy atom. The number of benzene rings is 2. The number of fused-ring (bicyclic) bond motifs is 5. The second-order valence-corrected chi connectivity index (χ2v) is 14.5. The molecule has 0 radical (unpaired) electrons. The number of alkyl halides is 7. The van der Waals surface area contributed by atoms with Gasteiger partial charge >= 0.3 is 18.4 Å². The highest BCUT2D eigenvalue weighted by Crippen LogP contribution is 2.53. The number of nitrogen functional groups attached to an aromatic ring is 1. The monoisotopic (exact) mass is 724 g/mol. The van der Waals surface area contributed by atoms with Gasteiger partial charge in [-0.3, -0.25) is 4.90 Å². The molecule has 5 atom stereocenters. The van der Waals surface area contributed by atoms with E-state index in [4.69, 9.17) is 15.2 Å². The lowest BCUT2D eigenvalue weighted by Crippen LogP contribution is -2.62. The zero-order valence-corrected chi connectivity index (χ0v) is 27.1. The van der Waals surface area contributed by atoms with Crippen molar-refractivity contribution in [3.63, 3.8) is 0 Å². The fourth-order valence-electron chi connectivity index (χ4n) is 8.24. The molecule has 264 valence electrons. The molecule has 7 heterocycles. The standard InChI is InChI=1S/C33H28F8N6O2S/c1-14-22-7-16(49-22)12-47(14)29-18-8-20(32(36,37)38)24(17-3-4-21(35)27-23(17)19(10-42)28(43)50-27)25(33(39,40)41)26(18)44-30(45-29)48-13-31-5-2-6-46(31)11-15(34)9-31/h3-4,8,14-16,22H,2,5-7,9,11-13,43H2,1H3/t14-,15+,16-,22+,31-/m0/s1. The van der Waals surface area contributed by atoms with Gasteiger partial charge in [0.05, 0.1) is 50.7 Å². The van der Waals surface area contributed by atoms with E-state index >= 15 is 26.3 Å². The van der Waals surface area contributed by atoms with Crippen molar-refractivity contribution in [3.8, 4) is 23.2 Å². The summed E-state index contributed by atoms with van der Waals surface area (Å²) in [5, 5.41) is 8.56. The van der Waals surface area contributed by atoms with E-state index in [1.807, 2.05) is 4.90 Å². The van der Waals surface area contributed by atoms with Crippen molar-refractivity contribution in [2.24, 2.45) is 0 Å². The second kappa shape index (κ2) is 11.2. The summed E-state index contributed by atoms with van der Waals surface area (Å²) in [6.07, 6.45) is -10.4. The van der Waals surface area contributed by atoms with Gasteiger partial charge in [0.15, 0.2) is 0 Å². The first-order valence-electron chi connectivity index (χ1n) is 16.0. The predicted octanol–water partition coefficient (Wildman–Crippen LogP) is 7.46. The fraction of sp³-hybridized carbons (Fsp3) is 0.485. The van der Waals surface area contributed by atoms with Gasteiger partial charge in [-0.2, -0.15) is 41.6 Å². The number of rotatable bonds is 5. The maximum Gasteiger partial charge on any atom is 0.419 e. The van der Waals surface area contributed by atoms with Gasteiger partial charge in [0.1, 0.15) is 35.5 Å². The molecule has 17 heteroatoms. The molecule has 0 amide bonds. The summed E-state index contributed by atoms with van der Waals surface area (Å²) in [7, 11) is 0. The van der Waals surface area contributed by atoms with Crippen LogP contribution in [-0.4, -0.2) is 71.1 Å². The number of nitrogens with two attached hydrogens (primary N) is 1. The molecule has 0 saturated carbocycles. The lowest BCUT2D eigenvalue weighted by molar-refractivity contribution is -0.151. The molecule has 2 bridgehead atoms. The number of thiophene rings is 1. The molecule has 0 unspecified atom stereocenters. The first-order valence-corrected chi connectivity index (χ1v) is 16.8. The largest absolute Gasteiger partial charge is 0.461 e. The van der Waals surface area contributed by atoms with Gasteiger partial charge in [-0.05, 0) is 44.0 Å². The van der Waals surface area contributed by atoms with Crippen molar-refractivity contribution in [3.05, 3.63) is 40.7 Å². The van der Waals surface area contributed by atoms with Crippen LogP contribution in [0.5, 0.6) is 6.01 Å². The van der Waals surface area contributed by atoms with Crippen molar-refractivity contribution in [1.82, 2.24) is 14.9 Å². The summed E-state index contributed by atoms with van der Waals surface area (Å²) in [5.74, 6) is -1.16. The minimum Gasteiger partial charge on any atom is -0.461 e. The molecular weight excluding hydrogens is 696 g/mol. The third-order valence-electron chi connectivity index (χ3n) is 10.5. The number of hydrogen-bond donors (Lipinski definition) is 1. The average Bonchev–Trinajstić information content (AvgIpc) is 3.67. The van der Waals surface area contributed by atoms with E-state index in [-0.39, 0.29) is 53.8 Å². The smallest absolute Gasteiger partial charge is 0.419 e. The van der Waals surface area contributed by atoms with Crippen LogP contribution in [0.1, 0.15) is 49.3 Å². The quantitative estimate of drug-likeness (QED) is 0.212. The molecule has 50 heavy (non-hydrogen) atoms. The highest BCUT2D eigenvalue weighted by atomic mass is 32.1. The van der Waals surface area contributed by atoms with Crippen LogP contribution in [0.4, 0.5) is 45.9 Å². The zero-order valence-electron chi connectivity index (χ0n) is 26.3. The zero-order chi connectivity index (χ0) is 35.5. The number of hydrogen-bond acceptors (Lipinski definition) is 9. The topological polar surface area (TPSA) is 101 Å². The van der Waals surface area contributed by atoms with E-state index in [0.717, 1.165) is 18.6 Å². The molecule has 2 aromatic heterocycles. The van der Waals surface area contributed by atoms with E-state index in [2.05, 4.69) is 9.97 Å². The first-order chi connectivity index (χ1) is 23.6. The van der Waals surface area contributed by atoms with Crippen LogP contribution in [0.3, 0.4) is 0 Å². The number of halogens is 8. The maximum absolute atomic E-state index is 15.5. The van der Waals surface area contributed by atoms with Gasteiger partial charge < -0.3 is 20.1 Å². The van der Waals surface area contributed by atoms with Crippen LogP contribution < -0.4 is 15.4 Å². The first kappa shape index (κ1) is 33.2. The minimum atomic E-state index is -5.46. The molecule has 2 aromatic carbocycles. The number of aromatic nitrogens is 2. The SMILES string of the molecule is C[C@H]1[C@H]2C[C@@H](CN1c1nc(OC[C@@]34CCCN3C[C@H](F)C4)nc3c(C(F)(F)F)c(-c4ccc(F)c5sc(N)c(C#N)c45)c(C(F)(F)F)cc13)O2. The summed E-state index contributed by atoms with van der Waals surface area (Å²) in [5.41, 5.74) is -1.59. The third kappa shape index (κ3) is 5.04. The number of morpholine rings is 1. The number of piperidine rings is 1. The van der Waals surface area contributed by atoms with Crippen LogP contribution in [0.15, 0.2) is 18.2 Å². The van der Waals surface area contributed by atoms with Crippen LogP contribution in [-0.2, 0) is 17.1 Å². The van der Waals surface area contributed by atoms with Gasteiger partial charge in [-0.1, -0.05) is 6.07 Å². The molecule has 5 fully saturated rings. The highest BCUT2D eigenvalue weighted by molar-refractivity contribution is 7.23. The number of anilines is 2. The normalized spacial score (nSPS) is 26.8. The molecule has 5 aliphatic heterocycles. The molecule has 9 rings (SSSR count). The summed E-state index contributed by atoms with van der Waals surface area (Å²) >= 11 is 0.546. The van der Waals surface area contributed by atoms with E-state index in [9.17, 15) is 14.0 Å². The maximum atomic E-state index is 15.5. The Kier molecular flexibility index (Phi) is 7.46. The Hall–Kier alpha value is -4.01. The van der Waals surface area contributed by atoms with Crippen molar-refractivity contribution < 1.29 is 44.6 Å². The summed E-state index contributed by atoms with van der Waals surface area (Å²) in [6, 6.07) is 2.83. The van der Waals surface area contributed by atoms with E-state index in [1.165, 1.54) is 0 Å². The Labute approximate surface area is 283 Å². The molecule has 5 saturated heterocycles. The Bertz CT molecular complexity index is 2090. The van der Waals surface area contributed by atoms with Gasteiger partial charge in [-0.25, -0.2) is 8.78 Å². The third-order valence-corrected chi connectivity index (χ3v) is 11.6. The van der Waals surface area contributed by atoms with Gasteiger partial charge in [0, 0.05) is 42.3 Å². The Balaban J connectivity index is 1.42. The summed E-state index contributed by atoms with van der Waals surface area (Å²) in [4.78, 5) is 12.1. The summed E-state index contributed by atoms with van der Waals surface area (Å²) in [6.45, 7) is 2.55. The molecule has 8 nitrogen and oxygen atoms in total. The van der Waals surface area contributed by atoms with Crippen molar-refractivity contribution in [1.29, 1.82) is 5.26 Å². The van der Waals surface area contributed by atoms with E-state index < -0.39 is 86.0 Å².